The van der Waals surface area contributed by atoms with Crippen molar-refractivity contribution in [2.45, 2.75) is 6.92 Å². The monoisotopic (exact) mass is 332 g/mol. The third-order valence-electron chi connectivity index (χ3n) is 4.07. The van der Waals surface area contributed by atoms with Gasteiger partial charge in [0, 0.05) is 37.6 Å². The molecule has 1 aliphatic rings. The Morgan fingerprint density at radius 1 is 1.22 bits per heavy atom. The average Bonchev–Trinajstić information content (AvgIpc) is 2.52. The number of hydrogen-bond acceptors (Lipinski definition) is 6. The summed E-state index contributed by atoms with van der Waals surface area (Å²) in [7, 11) is 2.16. The lowest BCUT2D eigenvalue weighted by Gasteiger charge is -2.35. The van der Waals surface area contributed by atoms with E-state index in [0.29, 0.717) is 10.8 Å². The number of aryl methyl sites for hydroxylation is 1. The average molecular weight is 333 g/mol. The van der Waals surface area contributed by atoms with Crippen LogP contribution in [0.4, 0.5) is 23.1 Å². The maximum Gasteiger partial charge on any atom is 0.222 e. The molecule has 0 atom stereocenters. The van der Waals surface area contributed by atoms with Crippen LogP contribution >= 0.6 is 11.6 Å². The number of rotatable bonds is 3. The predicted octanol–water partition coefficient (Wildman–Crippen LogP) is 2.52. The van der Waals surface area contributed by atoms with Gasteiger partial charge in [-0.15, -0.1) is 0 Å². The lowest BCUT2D eigenvalue weighted by Crippen LogP contribution is -2.44. The van der Waals surface area contributed by atoms with E-state index in [1.807, 2.05) is 6.07 Å². The van der Waals surface area contributed by atoms with E-state index in [4.69, 9.17) is 17.3 Å². The van der Waals surface area contributed by atoms with Crippen LogP contribution in [0, 0.1) is 6.92 Å². The number of benzene rings is 1. The van der Waals surface area contributed by atoms with E-state index >= 15 is 0 Å². The minimum absolute atomic E-state index is 0.197. The Labute approximate surface area is 141 Å². The van der Waals surface area contributed by atoms with E-state index in [1.54, 1.807) is 0 Å². The number of nitrogens with two attached hydrogens (primary N) is 1. The summed E-state index contributed by atoms with van der Waals surface area (Å²) in [6, 6.07) is 6.28. The molecule has 0 amide bonds. The Morgan fingerprint density at radius 3 is 2.65 bits per heavy atom. The van der Waals surface area contributed by atoms with E-state index in [1.165, 1.54) is 17.4 Å². The Bertz CT molecular complexity index is 697. The van der Waals surface area contributed by atoms with Crippen LogP contribution in [0.5, 0.6) is 0 Å². The predicted molar refractivity (Wildman–Crippen MR) is 95.6 cm³/mol. The van der Waals surface area contributed by atoms with Crippen molar-refractivity contribution in [1.82, 2.24) is 14.9 Å². The van der Waals surface area contributed by atoms with Gasteiger partial charge in [-0.05, 0) is 37.7 Å². The number of halogens is 1. The lowest BCUT2D eigenvalue weighted by atomic mass is 10.1. The van der Waals surface area contributed by atoms with Crippen molar-refractivity contribution in [3.63, 3.8) is 0 Å². The number of nitrogen functional groups attached to an aromatic ring is 1. The van der Waals surface area contributed by atoms with Crippen molar-refractivity contribution in [3.8, 4) is 0 Å². The number of nitrogens with one attached hydrogen (secondary N) is 1. The first-order valence-electron chi connectivity index (χ1n) is 7.62. The van der Waals surface area contributed by atoms with Gasteiger partial charge in [0.05, 0.1) is 6.20 Å². The van der Waals surface area contributed by atoms with Gasteiger partial charge >= 0.3 is 0 Å². The third kappa shape index (κ3) is 3.65. The molecule has 0 spiro atoms. The molecule has 0 radical (unpaired) electrons. The van der Waals surface area contributed by atoms with E-state index in [0.717, 1.165) is 31.9 Å². The number of anilines is 4. The quantitative estimate of drug-likeness (QED) is 0.900. The number of piperazine rings is 1. The van der Waals surface area contributed by atoms with E-state index in [9.17, 15) is 0 Å². The Morgan fingerprint density at radius 2 is 1.96 bits per heavy atom. The molecule has 3 N–H and O–H groups in total. The number of hydrogen-bond donors (Lipinski definition) is 2. The van der Waals surface area contributed by atoms with Crippen molar-refractivity contribution >= 4 is 34.7 Å². The standard InChI is InChI=1S/C16H21ClN6/c1-11-9-12(20-15-13(17)10-19-16(18)21-15)3-4-14(11)23-7-5-22(2)6-8-23/h3-4,9-10H,5-8H2,1-2H3,(H3,18,19,20,21). The van der Waals surface area contributed by atoms with Gasteiger partial charge in [0.15, 0.2) is 5.82 Å². The first kappa shape index (κ1) is 15.8. The Hall–Kier alpha value is -2.05. The van der Waals surface area contributed by atoms with Gasteiger partial charge in [-0.3, -0.25) is 0 Å². The second kappa shape index (κ2) is 6.60. The van der Waals surface area contributed by atoms with Crippen LogP contribution in [0.25, 0.3) is 0 Å². The summed E-state index contributed by atoms with van der Waals surface area (Å²) >= 11 is 6.10. The largest absolute Gasteiger partial charge is 0.369 e. The first-order valence-corrected chi connectivity index (χ1v) is 8.00. The highest BCUT2D eigenvalue weighted by molar-refractivity contribution is 6.32. The van der Waals surface area contributed by atoms with Crippen LogP contribution in [-0.2, 0) is 0 Å². The Balaban J connectivity index is 1.78. The van der Waals surface area contributed by atoms with Crippen molar-refractivity contribution in [1.29, 1.82) is 0 Å². The molecule has 1 aliphatic heterocycles. The zero-order valence-electron chi connectivity index (χ0n) is 13.4. The number of nitrogens with zero attached hydrogens (tertiary/aromatic N) is 4. The van der Waals surface area contributed by atoms with E-state index in [-0.39, 0.29) is 5.95 Å². The number of likely N-dealkylation sites (N-methyl/N-ethyl adjacent to an activating group) is 1. The summed E-state index contributed by atoms with van der Waals surface area (Å²) in [6.07, 6.45) is 1.50. The molecular weight excluding hydrogens is 312 g/mol. The van der Waals surface area contributed by atoms with Gasteiger partial charge in [-0.25, -0.2) is 4.98 Å². The van der Waals surface area contributed by atoms with Crippen molar-refractivity contribution in [2.75, 3.05) is 49.2 Å². The highest BCUT2D eigenvalue weighted by Gasteiger charge is 2.16. The molecule has 2 aromatic rings. The summed E-state index contributed by atoms with van der Waals surface area (Å²) in [4.78, 5) is 12.8. The van der Waals surface area contributed by atoms with Crippen LogP contribution in [0.3, 0.4) is 0 Å². The molecule has 2 heterocycles. The van der Waals surface area contributed by atoms with Crippen LogP contribution in [0.15, 0.2) is 24.4 Å². The third-order valence-corrected chi connectivity index (χ3v) is 4.34. The summed E-state index contributed by atoms with van der Waals surface area (Å²) < 4.78 is 0. The topological polar surface area (TPSA) is 70.3 Å². The summed E-state index contributed by atoms with van der Waals surface area (Å²) in [5.41, 5.74) is 9.04. The molecule has 7 heteroatoms. The highest BCUT2D eigenvalue weighted by atomic mass is 35.5. The lowest BCUT2D eigenvalue weighted by molar-refractivity contribution is 0.312. The van der Waals surface area contributed by atoms with Crippen LogP contribution in [0.1, 0.15) is 5.56 Å². The minimum Gasteiger partial charge on any atom is -0.369 e. The highest BCUT2D eigenvalue weighted by Crippen LogP contribution is 2.28. The SMILES string of the molecule is Cc1cc(Nc2nc(N)ncc2Cl)ccc1N1CCN(C)CC1. The normalized spacial score (nSPS) is 15.7. The van der Waals surface area contributed by atoms with Gasteiger partial charge in [-0.1, -0.05) is 11.6 Å². The molecule has 1 fully saturated rings. The molecule has 0 aliphatic carbocycles. The molecular formula is C16H21ClN6. The van der Waals surface area contributed by atoms with E-state index in [2.05, 4.69) is 51.2 Å². The molecule has 0 bridgehead atoms. The van der Waals surface area contributed by atoms with Crippen LogP contribution in [0.2, 0.25) is 5.02 Å². The van der Waals surface area contributed by atoms with E-state index < -0.39 is 0 Å². The number of aromatic nitrogens is 2. The molecule has 23 heavy (non-hydrogen) atoms. The molecule has 6 nitrogen and oxygen atoms in total. The molecule has 1 aromatic heterocycles. The van der Waals surface area contributed by atoms with Crippen molar-refractivity contribution in [3.05, 3.63) is 35.0 Å². The van der Waals surface area contributed by atoms with Crippen molar-refractivity contribution in [2.24, 2.45) is 0 Å². The summed E-state index contributed by atoms with van der Waals surface area (Å²) in [5, 5.41) is 3.65. The van der Waals surface area contributed by atoms with Crippen LogP contribution in [-0.4, -0.2) is 48.1 Å². The van der Waals surface area contributed by atoms with Crippen LogP contribution < -0.4 is 16.0 Å². The fourth-order valence-corrected chi connectivity index (χ4v) is 2.88. The van der Waals surface area contributed by atoms with Crippen molar-refractivity contribution < 1.29 is 0 Å². The zero-order valence-corrected chi connectivity index (χ0v) is 14.1. The summed E-state index contributed by atoms with van der Waals surface area (Å²) in [6.45, 7) is 6.41. The fraction of sp³-hybridized carbons (Fsp3) is 0.375. The Kier molecular flexibility index (Phi) is 4.54. The fourth-order valence-electron chi connectivity index (χ4n) is 2.74. The second-order valence-corrected chi connectivity index (χ2v) is 6.25. The zero-order chi connectivity index (χ0) is 16.4. The van der Waals surface area contributed by atoms with Gasteiger partial charge in [0.2, 0.25) is 5.95 Å². The van der Waals surface area contributed by atoms with Gasteiger partial charge in [0.25, 0.3) is 0 Å². The minimum atomic E-state index is 0.197. The van der Waals surface area contributed by atoms with Gasteiger partial charge in [-0.2, -0.15) is 4.98 Å². The molecule has 0 unspecified atom stereocenters. The maximum absolute atomic E-state index is 6.10. The second-order valence-electron chi connectivity index (χ2n) is 5.84. The first-order chi connectivity index (χ1) is 11.0. The summed E-state index contributed by atoms with van der Waals surface area (Å²) in [5.74, 6) is 0.716. The molecule has 3 rings (SSSR count). The molecule has 0 saturated carbocycles. The molecule has 1 aromatic carbocycles. The molecule has 1 saturated heterocycles. The smallest absolute Gasteiger partial charge is 0.222 e. The molecule has 122 valence electrons. The maximum atomic E-state index is 6.10. The van der Waals surface area contributed by atoms with Gasteiger partial charge in [0.1, 0.15) is 5.02 Å². The van der Waals surface area contributed by atoms with Gasteiger partial charge < -0.3 is 20.9 Å².